The minimum Gasteiger partial charge on any atom is -0.397 e. The van der Waals surface area contributed by atoms with Crippen molar-refractivity contribution in [3.63, 3.8) is 0 Å². The molecule has 0 radical (unpaired) electrons. The number of nitrogens with zero attached hydrogens (tertiary/aromatic N) is 1. The van der Waals surface area contributed by atoms with Crippen LogP contribution < -0.4 is 11.1 Å². The van der Waals surface area contributed by atoms with Crippen LogP contribution in [0.4, 0.5) is 11.5 Å². The monoisotopic (exact) mass is 255 g/mol. The Morgan fingerprint density at radius 1 is 1.53 bits per heavy atom. The Morgan fingerprint density at radius 3 is 2.76 bits per heavy atom. The zero-order valence-electron chi connectivity index (χ0n) is 10.0. The molecule has 0 aliphatic carbocycles. The van der Waals surface area contributed by atoms with E-state index in [0.29, 0.717) is 17.9 Å². The number of rotatable bonds is 2. The average molecular weight is 255 g/mol. The number of nitrogens with one attached hydrogen (secondary N) is 1. The van der Waals surface area contributed by atoms with E-state index in [-0.39, 0.29) is 11.5 Å². The highest BCUT2D eigenvalue weighted by Crippen LogP contribution is 2.28. The van der Waals surface area contributed by atoms with E-state index in [1.54, 1.807) is 6.20 Å². The Hall–Kier alpha value is -1.30. The number of nitrogen functional groups attached to an aromatic ring is 1. The molecule has 2 heterocycles. The molecule has 2 rings (SSSR count). The summed E-state index contributed by atoms with van der Waals surface area (Å²) in [5.74, 6) is 1.11. The quantitative estimate of drug-likeness (QED) is 0.822. The van der Waals surface area contributed by atoms with Gasteiger partial charge in [0.2, 0.25) is 0 Å². The van der Waals surface area contributed by atoms with E-state index in [4.69, 9.17) is 5.73 Å². The van der Waals surface area contributed by atoms with E-state index >= 15 is 0 Å². The molecule has 6 heteroatoms. The van der Waals surface area contributed by atoms with Crippen LogP contribution in [-0.2, 0) is 9.84 Å². The van der Waals surface area contributed by atoms with Crippen LogP contribution in [0, 0.1) is 6.92 Å². The molecule has 1 unspecified atom stereocenters. The fourth-order valence-electron chi connectivity index (χ4n) is 2.12. The first-order valence-electron chi connectivity index (χ1n) is 5.50. The Bertz CT molecular complexity index is 542. The Balaban J connectivity index is 2.22. The van der Waals surface area contributed by atoms with Gasteiger partial charge in [-0.2, -0.15) is 0 Å². The summed E-state index contributed by atoms with van der Waals surface area (Å²) in [5.41, 5.74) is 6.74. The van der Waals surface area contributed by atoms with Crippen molar-refractivity contribution in [3.8, 4) is 0 Å². The number of aromatic nitrogens is 1. The molecule has 1 aromatic rings. The van der Waals surface area contributed by atoms with E-state index < -0.39 is 15.4 Å². The topological polar surface area (TPSA) is 85.1 Å². The molecule has 1 fully saturated rings. The predicted molar refractivity (Wildman–Crippen MR) is 68.7 cm³/mol. The lowest BCUT2D eigenvalue weighted by molar-refractivity contribution is 0.571. The maximum Gasteiger partial charge on any atom is 0.152 e. The minimum atomic E-state index is -2.91. The second-order valence-electron chi connectivity index (χ2n) is 4.96. The first-order chi connectivity index (χ1) is 7.80. The zero-order chi connectivity index (χ0) is 12.7. The van der Waals surface area contributed by atoms with Crippen LogP contribution in [0.25, 0.3) is 0 Å². The Kier molecular flexibility index (Phi) is 2.77. The third-order valence-electron chi connectivity index (χ3n) is 3.02. The van der Waals surface area contributed by atoms with Gasteiger partial charge in [-0.15, -0.1) is 0 Å². The van der Waals surface area contributed by atoms with Crippen LogP contribution in [0.2, 0.25) is 0 Å². The molecular weight excluding hydrogens is 238 g/mol. The zero-order valence-corrected chi connectivity index (χ0v) is 10.8. The first-order valence-corrected chi connectivity index (χ1v) is 7.33. The lowest BCUT2D eigenvalue weighted by Gasteiger charge is -2.25. The molecule has 5 nitrogen and oxygen atoms in total. The van der Waals surface area contributed by atoms with Gasteiger partial charge in [0.1, 0.15) is 5.82 Å². The summed E-state index contributed by atoms with van der Waals surface area (Å²) in [6.07, 6.45) is 2.18. The SMILES string of the molecule is Cc1cc(N)cnc1NC1(C)CCS(=O)(=O)C1. The number of sulfone groups is 1. The van der Waals surface area contributed by atoms with Gasteiger partial charge in [0.15, 0.2) is 9.84 Å². The van der Waals surface area contributed by atoms with E-state index in [2.05, 4.69) is 10.3 Å². The number of aryl methyl sites for hydroxylation is 1. The molecule has 94 valence electrons. The van der Waals surface area contributed by atoms with Gasteiger partial charge in [0, 0.05) is 0 Å². The molecule has 17 heavy (non-hydrogen) atoms. The van der Waals surface area contributed by atoms with E-state index in [1.165, 1.54) is 0 Å². The van der Waals surface area contributed by atoms with Crippen molar-refractivity contribution >= 4 is 21.3 Å². The van der Waals surface area contributed by atoms with Gasteiger partial charge in [-0.3, -0.25) is 0 Å². The predicted octanol–water partition coefficient (Wildman–Crippen LogP) is 0.961. The van der Waals surface area contributed by atoms with Gasteiger partial charge >= 0.3 is 0 Å². The van der Waals surface area contributed by atoms with Gasteiger partial charge < -0.3 is 11.1 Å². The molecular formula is C11H17N3O2S. The Morgan fingerprint density at radius 2 is 2.24 bits per heavy atom. The molecule has 3 N–H and O–H groups in total. The largest absolute Gasteiger partial charge is 0.397 e. The summed E-state index contributed by atoms with van der Waals surface area (Å²) >= 11 is 0. The standard InChI is InChI=1S/C11H17N3O2S/c1-8-5-9(12)6-13-10(8)14-11(2)3-4-17(15,16)7-11/h5-6H,3-4,7,12H2,1-2H3,(H,13,14). The summed E-state index contributed by atoms with van der Waals surface area (Å²) in [6, 6.07) is 1.82. The normalized spacial score (nSPS) is 26.9. The van der Waals surface area contributed by atoms with Crippen LogP contribution >= 0.6 is 0 Å². The highest BCUT2D eigenvalue weighted by molar-refractivity contribution is 7.91. The fourth-order valence-corrected chi connectivity index (χ4v) is 4.22. The average Bonchev–Trinajstić information content (AvgIpc) is 2.46. The lowest BCUT2D eigenvalue weighted by Crippen LogP contribution is -2.36. The molecule has 1 aliphatic rings. The highest BCUT2D eigenvalue weighted by atomic mass is 32.2. The summed E-state index contributed by atoms with van der Waals surface area (Å²) in [7, 11) is -2.91. The molecule has 0 aromatic carbocycles. The van der Waals surface area contributed by atoms with Gasteiger partial charge in [-0.25, -0.2) is 13.4 Å². The summed E-state index contributed by atoms with van der Waals surface area (Å²) in [5, 5.41) is 3.22. The number of hydrogen-bond acceptors (Lipinski definition) is 5. The molecule has 0 spiro atoms. The number of pyridine rings is 1. The minimum absolute atomic E-state index is 0.158. The van der Waals surface area contributed by atoms with Gasteiger partial charge in [-0.05, 0) is 31.9 Å². The van der Waals surface area contributed by atoms with Crippen LogP contribution in [0.3, 0.4) is 0 Å². The van der Waals surface area contributed by atoms with Crippen LogP contribution in [0.15, 0.2) is 12.3 Å². The second kappa shape index (κ2) is 3.87. The summed E-state index contributed by atoms with van der Waals surface area (Å²) in [6.45, 7) is 3.81. The Labute approximate surface area is 101 Å². The molecule has 0 bridgehead atoms. The van der Waals surface area contributed by atoms with Crippen molar-refractivity contribution in [2.24, 2.45) is 0 Å². The fraction of sp³-hybridized carbons (Fsp3) is 0.545. The maximum atomic E-state index is 11.5. The van der Waals surface area contributed by atoms with Crippen LogP contribution in [-0.4, -0.2) is 30.4 Å². The maximum absolute atomic E-state index is 11.5. The number of anilines is 2. The van der Waals surface area contributed by atoms with Crippen LogP contribution in [0.5, 0.6) is 0 Å². The van der Waals surface area contributed by atoms with E-state index in [9.17, 15) is 8.42 Å². The molecule has 1 aliphatic heterocycles. The molecule has 0 saturated carbocycles. The molecule has 1 saturated heterocycles. The van der Waals surface area contributed by atoms with Gasteiger partial charge in [0.05, 0.1) is 28.9 Å². The highest BCUT2D eigenvalue weighted by Gasteiger charge is 2.38. The van der Waals surface area contributed by atoms with Crippen molar-refractivity contribution in [3.05, 3.63) is 17.8 Å². The third-order valence-corrected chi connectivity index (χ3v) is 4.93. The lowest BCUT2D eigenvalue weighted by atomic mass is 10.0. The number of nitrogens with two attached hydrogens (primary N) is 1. The van der Waals surface area contributed by atoms with E-state index in [0.717, 1.165) is 5.56 Å². The van der Waals surface area contributed by atoms with E-state index in [1.807, 2.05) is 19.9 Å². The van der Waals surface area contributed by atoms with Crippen LogP contribution in [0.1, 0.15) is 18.9 Å². The molecule has 1 atom stereocenters. The number of hydrogen-bond donors (Lipinski definition) is 2. The van der Waals surface area contributed by atoms with Gasteiger partial charge in [-0.1, -0.05) is 0 Å². The van der Waals surface area contributed by atoms with Crippen molar-refractivity contribution in [2.45, 2.75) is 25.8 Å². The molecule has 0 amide bonds. The third kappa shape index (κ3) is 2.69. The van der Waals surface area contributed by atoms with Crippen molar-refractivity contribution in [1.82, 2.24) is 4.98 Å². The summed E-state index contributed by atoms with van der Waals surface area (Å²) in [4.78, 5) is 4.20. The molecule has 1 aromatic heterocycles. The second-order valence-corrected chi connectivity index (χ2v) is 7.15. The smallest absolute Gasteiger partial charge is 0.152 e. The van der Waals surface area contributed by atoms with Crippen molar-refractivity contribution in [2.75, 3.05) is 22.6 Å². The van der Waals surface area contributed by atoms with Gasteiger partial charge in [0.25, 0.3) is 0 Å². The van der Waals surface area contributed by atoms with Crippen molar-refractivity contribution in [1.29, 1.82) is 0 Å². The summed E-state index contributed by atoms with van der Waals surface area (Å²) < 4.78 is 23.0. The first kappa shape index (κ1) is 12.2. The van der Waals surface area contributed by atoms with Crippen molar-refractivity contribution < 1.29 is 8.42 Å².